The summed E-state index contributed by atoms with van der Waals surface area (Å²) in [6, 6.07) is 16.4. The lowest BCUT2D eigenvalue weighted by molar-refractivity contribution is -0.122. The first kappa shape index (κ1) is 22.6. The van der Waals surface area contributed by atoms with Crippen molar-refractivity contribution in [3.8, 4) is 0 Å². The number of amides is 4. The highest BCUT2D eigenvalue weighted by atomic mass is 79.9. The average Bonchev–Trinajstić information content (AvgIpc) is 2.76. The van der Waals surface area contributed by atoms with Gasteiger partial charge in [-0.15, -0.1) is 0 Å². The minimum absolute atomic E-state index is 0.177. The molecule has 166 valence electrons. The molecule has 1 fully saturated rings. The molecule has 1 heterocycles. The lowest BCUT2D eigenvalue weighted by atomic mass is 9.97. The zero-order chi connectivity index (χ0) is 23.7. The van der Waals surface area contributed by atoms with Crippen molar-refractivity contribution in [1.29, 1.82) is 0 Å². The van der Waals surface area contributed by atoms with Crippen molar-refractivity contribution in [3.63, 3.8) is 0 Å². The van der Waals surface area contributed by atoms with Gasteiger partial charge in [0.2, 0.25) is 0 Å². The van der Waals surface area contributed by atoms with Gasteiger partial charge in [0, 0.05) is 10.9 Å². The summed E-state index contributed by atoms with van der Waals surface area (Å²) in [6.07, 6.45) is 1.72. The number of rotatable bonds is 4. The maximum atomic E-state index is 14.2. The quantitative estimate of drug-likeness (QED) is 0.377. The van der Waals surface area contributed by atoms with Gasteiger partial charge in [0.15, 0.2) is 0 Å². The van der Waals surface area contributed by atoms with E-state index in [1.165, 1.54) is 12.1 Å². The van der Waals surface area contributed by atoms with Crippen molar-refractivity contribution < 1.29 is 18.8 Å². The number of hydrogen-bond donors (Lipinski definition) is 1. The van der Waals surface area contributed by atoms with Gasteiger partial charge in [0.1, 0.15) is 11.4 Å². The van der Waals surface area contributed by atoms with E-state index in [9.17, 15) is 18.8 Å². The Kier molecular flexibility index (Phi) is 6.24. The van der Waals surface area contributed by atoms with Crippen molar-refractivity contribution in [2.75, 3.05) is 4.90 Å². The Hall–Kier alpha value is -3.58. The van der Waals surface area contributed by atoms with Gasteiger partial charge in [-0.1, -0.05) is 52.3 Å². The molecular formula is C26H20BrFN2O3. The predicted molar refractivity (Wildman–Crippen MR) is 128 cm³/mol. The summed E-state index contributed by atoms with van der Waals surface area (Å²) in [5, 5.41) is 2.26. The summed E-state index contributed by atoms with van der Waals surface area (Å²) in [6.45, 7) is 3.64. The van der Waals surface area contributed by atoms with Gasteiger partial charge in [0.25, 0.3) is 11.8 Å². The van der Waals surface area contributed by atoms with Crippen LogP contribution in [0.5, 0.6) is 0 Å². The monoisotopic (exact) mass is 506 g/mol. The molecule has 1 saturated heterocycles. The van der Waals surface area contributed by atoms with Crippen molar-refractivity contribution in [2.24, 2.45) is 0 Å². The molecule has 0 unspecified atom stereocenters. The van der Waals surface area contributed by atoms with Crippen LogP contribution in [0.4, 0.5) is 14.9 Å². The Labute approximate surface area is 199 Å². The lowest BCUT2D eigenvalue weighted by Gasteiger charge is -2.28. The summed E-state index contributed by atoms with van der Waals surface area (Å²) in [5.74, 6) is -1.82. The van der Waals surface area contributed by atoms with Crippen LogP contribution >= 0.6 is 15.9 Å². The molecule has 0 aliphatic carbocycles. The molecule has 0 spiro atoms. The summed E-state index contributed by atoms with van der Waals surface area (Å²) in [5.41, 5.74) is 3.62. The number of barbiturate groups is 1. The third kappa shape index (κ3) is 4.64. The van der Waals surface area contributed by atoms with Crippen molar-refractivity contribution >= 4 is 45.5 Å². The Morgan fingerprint density at radius 1 is 0.970 bits per heavy atom. The van der Waals surface area contributed by atoms with E-state index in [1.807, 2.05) is 31.2 Å². The molecule has 1 aliphatic heterocycles. The molecule has 0 atom stereocenters. The van der Waals surface area contributed by atoms with Crippen LogP contribution in [-0.2, 0) is 16.0 Å². The summed E-state index contributed by atoms with van der Waals surface area (Å²) < 4.78 is 15.0. The van der Waals surface area contributed by atoms with Crippen LogP contribution in [0.1, 0.15) is 27.8 Å². The van der Waals surface area contributed by atoms with Crippen molar-refractivity contribution in [2.45, 2.75) is 20.3 Å². The van der Waals surface area contributed by atoms with Crippen LogP contribution < -0.4 is 10.2 Å². The number of imide groups is 2. The Morgan fingerprint density at radius 3 is 2.48 bits per heavy atom. The fourth-order valence-corrected chi connectivity index (χ4v) is 4.08. The maximum absolute atomic E-state index is 14.2. The first-order chi connectivity index (χ1) is 15.7. The van der Waals surface area contributed by atoms with Crippen molar-refractivity contribution in [3.05, 3.63) is 104 Å². The zero-order valence-electron chi connectivity index (χ0n) is 18.0. The number of halogens is 2. The van der Waals surface area contributed by atoms with E-state index < -0.39 is 17.8 Å². The van der Waals surface area contributed by atoms with E-state index in [-0.39, 0.29) is 17.8 Å². The molecule has 1 aliphatic rings. The molecule has 3 aromatic rings. The highest BCUT2D eigenvalue weighted by Crippen LogP contribution is 2.28. The minimum Gasteiger partial charge on any atom is -0.273 e. The molecule has 3 aromatic carbocycles. The highest BCUT2D eigenvalue weighted by Gasteiger charge is 2.37. The lowest BCUT2D eigenvalue weighted by Crippen LogP contribution is -2.54. The normalized spacial score (nSPS) is 15.2. The number of carbonyl (C=O) groups is 3. The molecule has 4 rings (SSSR count). The second kappa shape index (κ2) is 9.11. The zero-order valence-corrected chi connectivity index (χ0v) is 19.6. The first-order valence-electron chi connectivity index (χ1n) is 10.2. The fourth-order valence-electron chi connectivity index (χ4n) is 3.70. The van der Waals surface area contributed by atoms with Crippen LogP contribution in [0.3, 0.4) is 0 Å². The standard InChI is InChI=1S/C26H20BrFN2O3/c1-15-7-8-16(2)23(11-15)30-25(32)21(24(31)29-26(30)33)14-19-13-20(27)10-9-17(19)12-18-5-3-4-6-22(18)28/h3-11,13-14H,12H2,1-2H3,(H,29,31,33)/b21-14+. The molecule has 0 saturated carbocycles. The smallest absolute Gasteiger partial charge is 0.273 e. The summed E-state index contributed by atoms with van der Waals surface area (Å²) in [4.78, 5) is 39.5. The van der Waals surface area contributed by atoms with Gasteiger partial charge < -0.3 is 0 Å². The number of anilines is 1. The number of benzene rings is 3. The van der Waals surface area contributed by atoms with Gasteiger partial charge in [-0.25, -0.2) is 14.1 Å². The molecule has 4 amide bonds. The molecule has 1 N–H and O–H groups in total. The van der Waals surface area contributed by atoms with Gasteiger partial charge >= 0.3 is 6.03 Å². The van der Waals surface area contributed by atoms with Gasteiger partial charge in [0.05, 0.1) is 5.69 Å². The largest absolute Gasteiger partial charge is 0.335 e. The molecule has 0 radical (unpaired) electrons. The Morgan fingerprint density at radius 2 is 1.73 bits per heavy atom. The van der Waals surface area contributed by atoms with Crippen LogP contribution in [0, 0.1) is 19.7 Å². The van der Waals surface area contributed by atoms with Crippen LogP contribution in [0.25, 0.3) is 6.08 Å². The molecule has 0 bridgehead atoms. The third-order valence-electron chi connectivity index (χ3n) is 5.45. The molecule has 7 heteroatoms. The minimum atomic E-state index is -0.795. The maximum Gasteiger partial charge on any atom is 0.335 e. The summed E-state index contributed by atoms with van der Waals surface area (Å²) >= 11 is 3.41. The summed E-state index contributed by atoms with van der Waals surface area (Å²) in [7, 11) is 0. The number of nitrogens with zero attached hydrogens (tertiary/aromatic N) is 1. The fraction of sp³-hybridized carbons (Fsp3) is 0.115. The van der Waals surface area contributed by atoms with Crippen molar-refractivity contribution in [1.82, 2.24) is 5.32 Å². The first-order valence-corrected chi connectivity index (χ1v) is 11.0. The molecular weight excluding hydrogens is 487 g/mol. The topological polar surface area (TPSA) is 66.5 Å². The van der Waals surface area contributed by atoms with E-state index in [1.54, 1.807) is 37.3 Å². The van der Waals surface area contributed by atoms with Gasteiger partial charge in [-0.05, 0) is 72.0 Å². The Bertz CT molecular complexity index is 1330. The number of carbonyl (C=O) groups excluding carboxylic acids is 3. The van der Waals surface area contributed by atoms with Crippen LogP contribution in [-0.4, -0.2) is 17.8 Å². The SMILES string of the molecule is Cc1ccc(C)c(N2C(=O)NC(=O)/C(=C\c3cc(Br)ccc3Cc3ccccc3F)C2=O)c1. The van der Waals surface area contributed by atoms with Gasteiger partial charge in [-0.3, -0.25) is 14.9 Å². The highest BCUT2D eigenvalue weighted by molar-refractivity contribution is 9.10. The van der Waals surface area contributed by atoms with Crippen LogP contribution in [0.15, 0.2) is 70.7 Å². The number of hydrogen-bond acceptors (Lipinski definition) is 3. The Balaban J connectivity index is 1.78. The van der Waals surface area contributed by atoms with E-state index in [0.717, 1.165) is 26.1 Å². The molecule has 33 heavy (non-hydrogen) atoms. The average molecular weight is 507 g/mol. The second-order valence-corrected chi connectivity index (χ2v) is 8.77. The van der Waals surface area contributed by atoms with E-state index in [0.29, 0.717) is 16.8 Å². The van der Waals surface area contributed by atoms with Gasteiger partial charge in [-0.2, -0.15) is 0 Å². The van der Waals surface area contributed by atoms with E-state index in [4.69, 9.17) is 0 Å². The van der Waals surface area contributed by atoms with Crippen LogP contribution in [0.2, 0.25) is 0 Å². The number of nitrogens with one attached hydrogen (secondary N) is 1. The number of aryl methyl sites for hydroxylation is 2. The molecule has 5 nitrogen and oxygen atoms in total. The van der Waals surface area contributed by atoms with E-state index >= 15 is 0 Å². The molecule has 0 aromatic heterocycles. The predicted octanol–water partition coefficient (Wildman–Crippen LogP) is 5.46. The second-order valence-electron chi connectivity index (χ2n) is 7.86. The number of urea groups is 1. The van der Waals surface area contributed by atoms with E-state index in [2.05, 4.69) is 21.2 Å². The third-order valence-corrected chi connectivity index (χ3v) is 5.95.